The van der Waals surface area contributed by atoms with Crippen molar-refractivity contribution >= 4 is 45.7 Å². The summed E-state index contributed by atoms with van der Waals surface area (Å²) in [5.74, 6) is 0. The minimum absolute atomic E-state index is 0.0940. The number of aromatic amines is 1. The van der Waals surface area contributed by atoms with Gasteiger partial charge in [0.05, 0.1) is 16.6 Å². The van der Waals surface area contributed by atoms with Crippen LogP contribution in [0.1, 0.15) is 0 Å². The van der Waals surface area contributed by atoms with Crippen LogP contribution >= 0.6 is 34.8 Å². The second-order valence-electron chi connectivity index (χ2n) is 4.10. The Kier molecular flexibility index (Phi) is 3.24. The van der Waals surface area contributed by atoms with Gasteiger partial charge in [0.2, 0.25) is 0 Å². The Morgan fingerprint density at radius 2 is 1.84 bits per heavy atom. The largest absolute Gasteiger partial charge is 0.331 e. The predicted molar refractivity (Wildman–Crippen MR) is 87.4 cm³/mol. The van der Waals surface area contributed by atoms with E-state index in [4.69, 9.17) is 12.2 Å². The van der Waals surface area contributed by atoms with E-state index in [0.29, 0.717) is 10.2 Å². The van der Waals surface area contributed by atoms with Gasteiger partial charge in [0.1, 0.15) is 0 Å². The zero-order chi connectivity index (χ0) is 13.4. The molecule has 0 bridgehead atoms. The average Bonchev–Trinajstić information content (AvgIpc) is 2.41. The van der Waals surface area contributed by atoms with E-state index in [9.17, 15) is 4.79 Å². The quantitative estimate of drug-likeness (QED) is 0.517. The highest BCUT2D eigenvalue weighted by Gasteiger charge is 2.07. The van der Waals surface area contributed by atoms with E-state index < -0.39 is 0 Å². The molecule has 0 fully saturated rings. The third-order valence-corrected chi connectivity index (χ3v) is 3.83. The number of H-pyrrole nitrogens is 1. The lowest BCUT2D eigenvalue weighted by Gasteiger charge is -2.08. The van der Waals surface area contributed by atoms with Crippen molar-refractivity contribution in [3.63, 3.8) is 0 Å². The van der Waals surface area contributed by atoms with Crippen molar-refractivity contribution in [2.24, 2.45) is 0 Å². The molecular weight excluding hydrogens is 371 g/mol. The van der Waals surface area contributed by atoms with E-state index >= 15 is 0 Å². The van der Waals surface area contributed by atoms with Crippen molar-refractivity contribution in [2.45, 2.75) is 0 Å². The van der Waals surface area contributed by atoms with Gasteiger partial charge in [-0.2, -0.15) is 0 Å². The highest BCUT2D eigenvalue weighted by molar-refractivity contribution is 14.1. The molecule has 3 aromatic rings. The number of hydrogen-bond acceptors (Lipinski definition) is 2. The minimum atomic E-state index is -0.0940. The number of hydrogen-bond donors (Lipinski definition) is 1. The number of fused-ring (bicyclic) bond motifs is 1. The first-order valence-corrected chi connectivity index (χ1v) is 7.15. The van der Waals surface area contributed by atoms with Gasteiger partial charge in [-0.25, -0.2) is 0 Å². The smallest absolute Gasteiger partial charge is 0.266 e. The number of aromatic nitrogens is 2. The van der Waals surface area contributed by atoms with Crippen LogP contribution in [0.3, 0.4) is 0 Å². The first-order chi connectivity index (χ1) is 9.16. The van der Waals surface area contributed by atoms with E-state index in [-0.39, 0.29) is 5.56 Å². The van der Waals surface area contributed by atoms with Crippen LogP contribution in [0.4, 0.5) is 0 Å². The average molecular weight is 380 g/mol. The van der Waals surface area contributed by atoms with Crippen molar-refractivity contribution < 1.29 is 0 Å². The maximum atomic E-state index is 12.6. The topological polar surface area (TPSA) is 37.8 Å². The molecule has 94 valence electrons. The molecule has 0 saturated heterocycles. The molecule has 3 rings (SSSR count). The van der Waals surface area contributed by atoms with Crippen LogP contribution < -0.4 is 5.56 Å². The summed E-state index contributed by atoms with van der Waals surface area (Å²) in [7, 11) is 0. The summed E-state index contributed by atoms with van der Waals surface area (Å²) in [6.07, 6.45) is 0. The molecule has 0 radical (unpaired) electrons. The van der Waals surface area contributed by atoms with Gasteiger partial charge in [0.15, 0.2) is 4.77 Å². The van der Waals surface area contributed by atoms with E-state index in [0.717, 1.165) is 14.8 Å². The van der Waals surface area contributed by atoms with Gasteiger partial charge >= 0.3 is 0 Å². The van der Waals surface area contributed by atoms with E-state index in [1.165, 1.54) is 4.57 Å². The minimum Gasteiger partial charge on any atom is -0.331 e. The Morgan fingerprint density at radius 3 is 2.58 bits per heavy atom. The highest BCUT2D eigenvalue weighted by atomic mass is 127. The van der Waals surface area contributed by atoms with E-state index in [2.05, 4.69) is 27.6 Å². The Bertz CT molecular complexity index is 868. The second kappa shape index (κ2) is 4.90. The van der Waals surface area contributed by atoms with Crippen LogP contribution in [0.5, 0.6) is 0 Å². The lowest BCUT2D eigenvalue weighted by atomic mass is 10.2. The molecule has 1 N–H and O–H groups in total. The van der Waals surface area contributed by atoms with Crippen LogP contribution in [-0.4, -0.2) is 9.55 Å². The van der Waals surface area contributed by atoms with Gasteiger partial charge in [-0.1, -0.05) is 18.2 Å². The molecule has 19 heavy (non-hydrogen) atoms. The molecular formula is C14H9IN2OS. The molecule has 5 heteroatoms. The zero-order valence-corrected chi connectivity index (χ0v) is 12.7. The third-order valence-electron chi connectivity index (χ3n) is 2.87. The maximum absolute atomic E-state index is 12.6. The molecule has 0 atom stereocenters. The first kappa shape index (κ1) is 12.6. The number of benzene rings is 2. The Morgan fingerprint density at radius 1 is 1.11 bits per heavy atom. The molecule has 3 nitrogen and oxygen atoms in total. The molecule has 1 heterocycles. The normalized spacial score (nSPS) is 10.8. The molecule has 0 aliphatic carbocycles. The van der Waals surface area contributed by atoms with Crippen LogP contribution in [0.25, 0.3) is 16.6 Å². The van der Waals surface area contributed by atoms with Gasteiger partial charge < -0.3 is 4.98 Å². The Labute approximate surface area is 128 Å². The highest BCUT2D eigenvalue weighted by Crippen LogP contribution is 2.14. The monoisotopic (exact) mass is 380 g/mol. The van der Waals surface area contributed by atoms with Gasteiger partial charge in [-0.15, -0.1) is 0 Å². The number of para-hydroxylation sites is 1. The summed E-state index contributed by atoms with van der Waals surface area (Å²) in [6.45, 7) is 0. The van der Waals surface area contributed by atoms with E-state index in [1.54, 1.807) is 0 Å². The van der Waals surface area contributed by atoms with Crippen LogP contribution in [0.15, 0.2) is 53.3 Å². The van der Waals surface area contributed by atoms with Crippen molar-refractivity contribution in [3.05, 3.63) is 67.2 Å². The fourth-order valence-corrected chi connectivity index (χ4v) is 2.79. The van der Waals surface area contributed by atoms with Crippen molar-refractivity contribution in [1.82, 2.24) is 9.55 Å². The van der Waals surface area contributed by atoms with Gasteiger partial charge in [-0.3, -0.25) is 9.36 Å². The standard InChI is InChI=1S/C14H9IN2OS/c15-9-6-7-12-11(8-9)13(18)17(14(19)16-12)10-4-2-1-3-5-10/h1-8H,(H,16,19). The maximum Gasteiger partial charge on any atom is 0.266 e. The van der Waals surface area contributed by atoms with Gasteiger partial charge in [0.25, 0.3) is 5.56 Å². The first-order valence-electron chi connectivity index (χ1n) is 5.67. The molecule has 0 aliphatic rings. The predicted octanol–water partition coefficient (Wildman–Crippen LogP) is 3.65. The van der Waals surface area contributed by atoms with Crippen LogP contribution in [0, 0.1) is 8.34 Å². The number of halogens is 1. The fourth-order valence-electron chi connectivity index (χ4n) is 2.00. The van der Waals surface area contributed by atoms with Crippen molar-refractivity contribution in [2.75, 3.05) is 0 Å². The SMILES string of the molecule is O=c1c2cc(I)ccc2[nH]c(=S)n1-c1ccccc1. The van der Waals surface area contributed by atoms with E-state index in [1.807, 2.05) is 48.5 Å². The van der Waals surface area contributed by atoms with Crippen molar-refractivity contribution in [3.8, 4) is 5.69 Å². The summed E-state index contributed by atoms with van der Waals surface area (Å²) in [5, 5.41) is 0.643. The molecule has 2 aromatic carbocycles. The number of rotatable bonds is 1. The summed E-state index contributed by atoms with van der Waals surface area (Å²) < 4.78 is 2.95. The summed E-state index contributed by atoms with van der Waals surface area (Å²) in [4.78, 5) is 15.7. The van der Waals surface area contributed by atoms with Crippen LogP contribution in [0.2, 0.25) is 0 Å². The lowest BCUT2D eigenvalue weighted by Crippen LogP contribution is -2.20. The summed E-state index contributed by atoms with van der Waals surface area (Å²) in [5.41, 5.74) is 1.44. The molecule has 0 amide bonds. The molecule has 0 aliphatic heterocycles. The molecule has 1 aromatic heterocycles. The van der Waals surface area contributed by atoms with Gasteiger partial charge in [0, 0.05) is 3.57 Å². The second-order valence-corrected chi connectivity index (χ2v) is 5.73. The number of nitrogens with one attached hydrogen (secondary N) is 1. The summed E-state index contributed by atoms with van der Waals surface area (Å²) >= 11 is 7.48. The van der Waals surface area contributed by atoms with Crippen LogP contribution in [-0.2, 0) is 0 Å². The Hall–Kier alpha value is -1.47. The molecule has 0 saturated carbocycles. The third kappa shape index (κ3) is 2.23. The van der Waals surface area contributed by atoms with Crippen molar-refractivity contribution in [1.29, 1.82) is 0 Å². The zero-order valence-electron chi connectivity index (χ0n) is 9.76. The number of nitrogens with zero attached hydrogens (tertiary/aromatic N) is 1. The van der Waals surface area contributed by atoms with Gasteiger partial charge in [-0.05, 0) is 65.1 Å². The molecule has 0 spiro atoms. The summed E-state index contributed by atoms with van der Waals surface area (Å²) in [6, 6.07) is 15.1. The fraction of sp³-hybridized carbons (Fsp3) is 0. The Balaban J connectivity index is 2.44. The molecule has 0 unspecified atom stereocenters. The lowest BCUT2D eigenvalue weighted by molar-refractivity contribution is 0.940.